The first-order valence-electron chi connectivity index (χ1n) is 6.34. The van der Waals surface area contributed by atoms with Gasteiger partial charge in [-0.3, -0.25) is 4.79 Å². The van der Waals surface area contributed by atoms with E-state index in [0.29, 0.717) is 0 Å². The van der Waals surface area contributed by atoms with Crippen LogP contribution >= 0.6 is 0 Å². The van der Waals surface area contributed by atoms with Gasteiger partial charge in [0.25, 0.3) is 0 Å². The lowest BCUT2D eigenvalue weighted by Gasteiger charge is -2.03. The van der Waals surface area contributed by atoms with Crippen LogP contribution in [0.4, 0.5) is 0 Å². The summed E-state index contributed by atoms with van der Waals surface area (Å²) in [4.78, 5) is 10.7. The van der Waals surface area contributed by atoms with Crippen molar-refractivity contribution in [2.24, 2.45) is 0 Å². The lowest BCUT2D eigenvalue weighted by atomic mass is 10.0. The molecule has 0 aliphatic heterocycles. The zero-order valence-electron chi connectivity index (χ0n) is 10.2. The van der Waals surface area contributed by atoms with Crippen molar-refractivity contribution in [2.45, 2.75) is 51.9 Å². The lowest BCUT2D eigenvalue weighted by Crippen LogP contribution is -1.92. The summed E-state index contributed by atoms with van der Waals surface area (Å²) in [5.41, 5.74) is 1.88. The van der Waals surface area contributed by atoms with E-state index in [4.69, 9.17) is 0 Å². The highest BCUT2D eigenvalue weighted by Gasteiger charge is 2.00. The number of hydrogen-bond donors (Lipinski definition) is 0. The number of carbonyl (C=O) groups excluding carboxylic acids is 1. The van der Waals surface area contributed by atoms with Crippen LogP contribution in [0.2, 0.25) is 0 Å². The van der Waals surface area contributed by atoms with Gasteiger partial charge in [-0.1, -0.05) is 63.3 Å². The zero-order valence-corrected chi connectivity index (χ0v) is 10.2. The highest BCUT2D eigenvalue weighted by molar-refractivity contribution is 5.77. The summed E-state index contributed by atoms with van der Waals surface area (Å²) in [5.74, 6) is 0. The third kappa shape index (κ3) is 4.61. The van der Waals surface area contributed by atoms with Crippen molar-refractivity contribution in [2.75, 3.05) is 0 Å². The molecule has 1 heteroatoms. The first kappa shape index (κ1) is 13.0. The molecular formula is C15H21O. The molecule has 0 aliphatic carbocycles. The molecule has 1 aromatic carbocycles. The summed E-state index contributed by atoms with van der Waals surface area (Å²) >= 11 is 0. The van der Waals surface area contributed by atoms with E-state index in [1.807, 2.05) is 30.6 Å². The third-order valence-corrected chi connectivity index (χ3v) is 2.93. The fraction of sp³-hybridized carbons (Fsp3) is 0.533. The Kier molecular flexibility index (Phi) is 6.55. The van der Waals surface area contributed by atoms with Gasteiger partial charge in [-0.2, -0.15) is 0 Å². The minimum absolute atomic E-state index is 0.732. The van der Waals surface area contributed by atoms with E-state index in [1.54, 1.807) is 0 Å². The van der Waals surface area contributed by atoms with Crippen LogP contribution in [0.3, 0.4) is 0 Å². The van der Waals surface area contributed by atoms with Crippen LogP contribution in [-0.2, 0) is 11.2 Å². The molecule has 1 nitrogen and oxygen atoms in total. The van der Waals surface area contributed by atoms with Gasteiger partial charge in [0.2, 0.25) is 6.29 Å². The quantitative estimate of drug-likeness (QED) is 0.600. The van der Waals surface area contributed by atoms with Gasteiger partial charge in [-0.25, -0.2) is 0 Å². The Hall–Kier alpha value is -1.11. The third-order valence-electron chi connectivity index (χ3n) is 2.93. The van der Waals surface area contributed by atoms with Crippen LogP contribution in [0.1, 0.15) is 56.6 Å². The Bertz CT molecular complexity index is 304. The molecule has 1 radical (unpaired) electrons. The summed E-state index contributed by atoms with van der Waals surface area (Å²) in [5, 5.41) is 0. The number of hydrogen-bond acceptors (Lipinski definition) is 1. The molecule has 1 aromatic rings. The van der Waals surface area contributed by atoms with Crippen molar-refractivity contribution < 1.29 is 4.79 Å². The van der Waals surface area contributed by atoms with Gasteiger partial charge in [0.05, 0.1) is 0 Å². The second kappa shape index (κ2) is 8.09. The summed E-state index contributed by atoms with van der Waals surface area (Å²) in [7, 11) is 0. The van der Waals surface area contributed by atoms with Gasteiger partial charge in [0, 0.05) is 5.56 Å². The fourth-order valence-electron chi connectivity index (χ4n) is 1.93. The smallest absolute Gasteiger partial charge is 0.233 e. The predicted molar refractivity (Wildman–Crippen MR) is 68.3 cm³/mol. The molecule has 16 heavy (non-hydrogen) atoms. The maximum Gasteiger partial charge on any atom is 0.233 e. The van der Waals surface area contributed by atoms with Crippen LogP contribution in [0, 0.1) is 0 Å². The Morgan fingerprint density at radius 2 is 1.69 bits per heavy atom. The second-order valence-electron chi connectivity index (χ2n) is 4.28. The van der Waals surface area contributed by atoms with Crippen molar-refractivity contribution in [3.63, 3.8) is 0 Å². The van der Waals surface area contributed by atoms with Crippen LogP contribution < -0.4 is 0 Å². The standard InChI is InChI=1S/C15H21O/c1-2-3-4-5-6-7-10-14-11-8-9-12-15(14)13-16/h8-9,11-12H,2-7,10H2,1H3. The molecule has 87 valence electrons. The summed E-state index contributed by atoms with van der Waals surface area (Å²) < 4.78 is 0. The van der Waals surface area contributed by atoms with Crippen molar-refractivity contribution in [3.05, 3.63) is 35.4 Å². The minimum Gasteiger partial charge on any atom is -0.285 e. The number of unbranched alkanes of at least 4 members (excludes halogenated alkanes) is 5. The molecule has 0 amide bonds. The molecule has 0 spiro atoms. The second-order valence-corrected chi connectivity index (χ2v) is 4.28. The fourth-order valence-corrected chi connectivity index (χ4v) is 1.93. The van der Waals surface area contributed by atoms with Gasteiger partial charge in [0.15, 0.2) is 0 Å². The molecule has 0 unspecified atom stereocenters. The van der Waals surface area contributed by atoms with E-state index in [-0.39, 0.29) is 0 Å². The van der Waals surface area contributed by atoms with Crippen LogP contribution in [0.15, 0.2) is 24.3 Å². The molecule has 0 fully saturated rings. The highest BCUT2D eigenvalue weighted by atomic mass is 16.1. The first-order valence-corrected chi connectivity index (χ1v) is 6.34. The van der Waals surface area contributed by atoms with Crippen molar-refractivity contribution in [1.82, 2.24) is 0 Å². The zero-order chi connectivity index (χ0) is 11.6. The minimum atomic E-state index is 0.732. The van der Waals surface area contributed by atoms with Gasteiger partial charge in [-0.15, -0.1) is 0 Å². The summed E-state index contributed by atoms with van der Waals surface area (Å²) in [6, 6.07) is 7.77. The van der Waals surface area contributed by atoms with Gasteiger partial charge in [-0.05, 0) is 18.4 Å². The van der Waals surface area contributed by atoms with Gasteiger partial charge < -0.3 is 0 Å². The van der Waals surface area contributed by atoms with E-state index < -0.39 is 0 Å². The van der Waals surface area contributed by atoms with Crippen molar-refractivity contribution in [1.29, 1.82) is 0 Å². The van der Waals surface area contributed by atoms with E-state index in [1.165, 1.54) is 38.5 Å². The Morgan fingerprint density at radius 1 is 1.00 bits per heavy atom. The van der Waals surface area contributed by atoms with Gasteiger partial charge in [0.1, 0.15) is 0 Å². The van der Waals surface area contributed by atoms with E-state index in [0.717, 1.165) is 17.5 Å². The lowest BCUT2D eigenvalue weighted by molar-refractivity contribution is 0.562. The monoisotopic (exact) mass is 217 g/mol. The Balaban J connectivity index is 2.23. The molecule has 0 N–H and O–H groups in total. The largest absolute Gasteiger partial charge is 0.285 e. The maximum atomic E-state index is 10.7. The van der Waals surface area contributed by atoms with E-state index >= 15 is 0 Å². The Labute approximate surface area is 98.9 Å². The molecule has 0 saturated heterocycles. The topological polar surface area (TPSA) is 17.1 Å². The molecule has 0 heterocycles. The van der Waals surface area contributed by atoms with Crippen LogP contribution in [0.5, 0.6) is 0 Å². The van der Waals surface area contributed by atoms with Crippen LogP contribution in [0.25, 0.3) is 0 Å². The number of benzene rings is 1. The Morgan fingerprint density at radius 3 is 2.44 bits per heavy atom. The molecule has 0 atom stereocenters. The summed E-state index contributed by atoms with van der Waals surface area (Å²) in [6.45, 7) is 2.23. The molecule has 1 rings (SSSR count). The summed E-state index contributed by atoms with van der Waals surface area (Å²) in [6.07, 6.45) is 10.8. The molecule has 0 bridgehead atoms. The van der Waals surface area contributed by atoms with Crippen molar-refractivity contribution in [3.8, 4) is 0 Å². The molecule has 0 aliphatic rings. The predicted octanol–water partition coefficient (Wildman–Crippen LogP) is 4.05. The molecule has 0 saturated carbocycles. The SMILES string of the molecule is CCCCCCCCc1ccccc1[C]=O. The normalized spacial score (nSPS) is 10.3. The average molecular weight is 217 g/mol. The van der Waals surface area contributed by atoms with E-state index in [2.05, 4.69) is 6.92 Å². The molecule has 0 aromatic heterocycles. The van der Waals surface area contributed by atoms with Gasteiger partial charge >= 0.3 is 0 Å². The average Bonchev–Trinajstić information content (AvgIpc) is 2.34. The number of rotatable bonds is 8. The molecular weight excluding hydrogens is 196 g/mol. The van der Waals surface area contributed by atoms with Crippen molar-refractivity contribution >= 4 is 6.29 Å². The van der Waals surface area contributed by atoms with E-state index in [9.17, 15) is 4.79 Å². The maximum absolute atomic E-state index is 10.7. The van der Waals surface area contributed by atoms with Crippen LogP contribution in [-0.4, -0.2) is 6.29 Å². The highest BCUT2D eigenvalue weighted by Crippen LogP contribution is 2.12. The number of aryl methyl sites for hydroxylation is 1. The first-order chi connectivity index (χ1) is 7.88.